The smallest absolute Gasteiger partial charge is 0.308 e. The molecule has 0 fully saturated rings. The van der Waals surface area contributed by atoms with Crippen LogP contribution in [-0.4, -0.2) is 29.9 Å². The largest absolute Gasteiger partial charge is 0.390 e. The van der Waals surface area contributed by atoms with Crippen molar-refractivity contribution in [3.8, 4) is 0 Å². The summed E-state index contributed by atoms with van der Waals surface area (Å²) in [4.78, 5) is 9.68. The number of aliphatic hydroxyl groups excluding tert-OH is 1. The van der Waals surface area contributed by atoms with Gasteiger partial charge in [0, 0.05) is 25.2 Å². The number of benzene rings is 1. The Morgan fingerprint density at radius 3 is 2.71 bits per heavy atom. The highest BCUT2D eigenvalue weighted by atomic mass is 19.1. The topological polar surface area (TPSA) is 72.6 Å². The number of nitro groups is 1. The van der Waals surface area contributed by atoms with Gasteiger partial charge in [0.05, 0.1) is 17.6 Å². The molecular formula is C10H11F2NO4. The summed E-state index contributed by atoms with van der Waals surface area (Å²) in [5.74, 6) is -2.18. The van der Waals surface area contributed by atoms with Gasteiger partial charge >= 0.3 is 5.69 Å². The molecule has 17 heavy (non-hydrogen) atoms. The fourth-order valence-electron chi connectivity index (χ4n) is 1.48. The molecule has 7 heteroatoms. The summed E-state index contributed by atoms with van der Waals surface area (Å²) in [5.41, 5.74) is -1.02. The summed E-state index contributed by atoms with van der Waals surface area (Å²) in [6.07, 6.45) is -1.31. The van der Waals surface area contributed by atoms with E-state index in [1.54, 1.807) is 0 Å². The van der Waals surface area contributed by atoms with E-state index in [0.717, 1.165) is 6.07 Å². The van der Waals surface area contributed by atoms with E-state index in [4.69, 9.17) is 0 Å². The highest BCUT2D eigenvalue weighted by molar-refractivity contribution is 5.42. The van der Waals surface area contributed by atoms with Crippen LogP contribution in [0.4, 0.5) is 14.5 Å². The third-order valence-electron chi connectivity index (χ3n) is 2.10. The molecule has 0 saturated carbocycles. The number of ether oxygens (including phenoxy) is 1. The van der Waals surface area contributed by atoms with Gasteiger partial charge in [0.2, 0.25) is 5.82 Å². The van der Waals surface area contributed by atoms with Crippen molar-refractivity contribution in [2.75, 3.05) is 13.7 Å². The van der Waals surface area contributed by atoms with Gasteiger partial charge in [-0.3, -0.25) is 10.1 Å². The molecule has 1 atom stereocenters. The Morgan fingerprint density at radius 1 is 1.53 bits per heavy atom. The Labute approximate surface area is 95.8 Å². The highest BCUT2D eigenvalue weighted by Gasteiger charge is 2.23. The van der Waals surface area contributed by atoms with E-state index >= 15 is 0 Å². The van der Waals surface area contributed by atoms with Crippen LogP contribution in [0, 0.1) is 21.7 Å². The third-order valence-corrected chi connectivity index (χ3v) is 2.10. The van der Waals surface area contributed by atoms with Gasteiger partial charge < -0.3 is 9.84 Å². The summed E-state index contributed by atoms with van der Waals surface area (Å²) in [5, 5.41) is 20.0. The van der Waals surface area contributed by atoms with Gasteiger partial charge in [0.1, 0.15) is 5.82 Å². The molecular weight excluding hydrogens is 236 g/mol. The lowest BCUT2D eigenvalue weighted by Gasteiger charge is -2.10. The van der Waals surface area contributed by atoms with E-state index in [2.05, 4.69) is 4.74 Å². The lowest BCUT2D eigenvalue weighted by Crippen LogP contribution is -2.18. The molecule has 0 bridgehead atoms. The van der Waals surface area contributed by atoms with Crippen LogP contribution in [0.5, 0.6) is 0 Å². The van der Waals surface area contributed by atoms with Crippen LogP contribution < -0.4 is 0 Å². The SMILES string of the molecule is COCC(O)Cc1cc(F)cc(F)c1[N+](=O)[O-]. The minimum atomic E-state index is -1.25. The van der Waals surface area contributed by atoms with Crippen molar-refractivity contribution < 1.29 is 23.5 Å². The zero-order valence-corrected chi connectivity index (χ0v) is 9.02. The molecule has 0 aromatic heterocycles. The number of nitro benzene ring substituents is 1. The molecule has 0 spiro atoms. The molecule has 1 N–H and O–H groups in total. The number of hydrogen-bond acceptors (Lipinski definition) is 4. The minimum Gasteiger partial charge on any atom is -0.390 e. The van der Waals surface area contributed by atoms with Crippen LogP contribution >= 0.6 is 0 Å². The summed E-state index contributed by atoms with van der Waals surface area (Å²) in [6.45, 7) is -0.0741. The fourth-order valence-corrected chi connectivity index (χ4v) is 1.48. The molecule has 94 valence electrons. The van der Waals surface area contributed by atoms with Crippen LogP contribution in [-0.2, 0) is 11.2 Å². The van der Waals surface area contributed by atoms with E-state index in [-0.39, 0.29) is 18.6 Å². The molecule has 1 unspecified atom stereocenters. The predicted molar refractivity (Wildman–Crippen MR) is 54.6 cm³/mol. The van der Waals surface area contributed by atoms with Crippen LogP contribution in [0.15, 0.2) is 12.1 Å². The predicted octanol–water partition coefficient (Wildman–Crippen LogP) is 1.42. The third kappa shape index (κ3) is 3.43. The second-order valence-corrected chi connectivity index (χ2v) is 3.47. The van der Waals surface area contributed by atoms with Crippen molar-refractivity contribution in [1.29, 1.82) is 0 Å². The second kappa shape index (κ2) is 5.65. The first-order valence-corrected chi connectivity index (χ1v) is 4.75. The first-order valence-electron chi connectivity index (χ1n) is 4.75. The molecule has 0 saturated heterocycles. The zero-order valence-electron chi connectivity index (χ0n) is 9.02. The van der Waals surface area contributed by atoms with Gasteiger partial charge in [-0.15, -0.1) is 0 Å². The van der Waals surface area contributed by atoms with Gasteiger partial charge in [0.25, 0.3) is 0 Å². The number of aliphatic hydroxyl groups is 1. The van der Waals surface area contributed by atoms with Crippen LogP contribution in [0.25, 0.3) is 0 Å². The van der Waals surface area contributed by atoms with Crippen molar-refractivity contribution in [2.45, 2.75) is 12.5 Å². The lowest BCUT2D eigenvalue weighted by atomic mass is 10.1. The molecule has 0 aliphatic rings. The summed E-state index contributed by atoms with van der Waals surface area (Å²) < 4.78 is 30.8. The van der Waals surface area contributed by atoms with Crippen LogP contribution in [0.3, 0.4) is 0 Å². The quantitative estimate of drug-likeness (QED) is 0.631. The Bertz CT molecular complexity index is 425. The highest BCUT2D eigenvalue weighted by Crippen LogP contribution is 2.25. The van der Waals surface area contributed by atoms with E-state index < -0.39 is 28.3 Å². The van der Waals surface area contributed by atoms with Gasteiger partial charge in [-0.25, -0.2) is 4.39 Å². The molecule has 1 aromatic rings. The number of hydrogen-bond donors (Lipinski definition) is 1. The van der Waals surface area contributed by atoms with Crippen LogP contribution in [0.2, 0.25) is 0 Å². The molecule has 1 aromatic carbocycles. The molecule has 1 rings (SSSR count). The van der Waals surface area contributed by atoms with Crippen molar-refractivity contribution in [1.82, 2.24) is 0 Å². The first-order chi connectivity index (χ1) is 7.95. The Morgan fingerprint density at radius 2 is 2.18 bits per heavy atom. The normalized spacial score (nSPS) is 12.5. The maximum atomic E-state index is 13.2. The monoisotopic (exact) mass is 247 g/mol. The van der Waals surface area contributed by atoms with Gasteiger partial charge in [-0.2, -0.15) is 4.39 Å². The van der Waals surface area contributed by atoms with Crippen molar-refractivity contribution >= 4 is 5.69 Å². The van der Waals surface area contributed by atoms with Gasteiger partial charge in [0.15, 0.2) is 0 Å². The van der Waals surface area contributed by atoms with Crippen molar-refractivity contribution in [2.24, 2.45) is 0 Å². The van der Waals surface area contributed by atoms with E-state index in [1.165, 1.54) is 7.11 Å². The van der Waals surface area contributed by atoms with Crippen molar-refractivity contribution in [3.63, 3.8) is 0 Å². The molecule has 0 aliphatic heterocycles. The fraction of sp³-hybridized carbons (Fsp3) is 0.400. The maximum Gasteiger partial charge on any atom is 0.308 e. The average Bonchev–Trinajstić information content (AvgIpc) is 2.15. The van der Waals surface area contributed by atoms with Crippen LogP contribution in [0.1, 0.15) is 5.56 Å². The van der Waals surface area contributed by atoms with Gasteiger partial charge in [-0.05, 0) is 6.07 Å². The number of halogens is 2. The van der Waals surface area contributed by atoms with Crippen molar-refractivity contribution in [3.05, 3.63) is 39.4 Å². The summed E-state index contributed by atoms with van der Waals surface area (Å²) >= 11 is 0. The minimum absolute atomic E-state index is 0.0741. The average molecular weight is 247 g/mol. The lowest BCUT2D eigenvalue weighted by molar-refractivity contribution is -0.388. The summed E-state index contributed by atoms with van der Waals surface area (Å²) in [7, 11) is 1.34. The molecule has 0 amide bonds. The van der Waals surface area contributed by atoms with E-state index in [1.807, 2.05) is 0 Å². The number of rotatable bonds is 5. The van der Waals surface area contributed by atoms with E-state index in [0.29, 0.717) is 6.07 Å². The number of nitrogens with zero attached hydrogens (tertiary/aromatic N) is 1. The van der Waals surface area contributed by atoms with Gasteiger partial charge in [-0.1, -0.05) is 0 Å². The molecule has 5 nitrogen and oxygen atoms in total. The second-order valence-electron chi connectivity index (χ2n) is 3.47. The molecule has 0 radical (unpaired) electrons. The Balaban J connectivity index is 3.08. The Hall–Kier alpha value is -1.60. The summed E-state index contributed by atoms with van der Waals surface area (Å²) in [6, 6.07) is 1.27. The molecule has 0 aliphatic carbocycles. The first kappa shape index (κ1) is 13.5. The maximum absolute atomic E-state index is 13.2. The zero-order chi connectivity index (χ0) is 13.0. The van der Waals surface area contributed by atoms with E-state index in [9.17, 15) is 24.0 Å². The Kier molecular flexibility index (Phi) is 4.47. The molecule has 0 heterocycles. The number of methoxy groups -OCH3 is 1. The standard InChI is InChI=1S/C10H11F2NO4/c1-17-5-8(14)3-6-2-7(11)4-9(12)10(6)13(15)16/h2,4,8,14H,3,5H2,1H3.